The Morgan fingerprint density at radius 3 is 2.88 bits per heavy atom. The lowest BCUT2D eigenvalue weighted by Crippen LogP contribution is -2.33. The number of hydrogen-bond donors (Lipinski definition) is 1. The number of urea groups is 1. The number of aromatic nitrogens is 3. The van der Waals surface area contributed by atoms with E-state index >= 15 is 0 Å². The van der Waals surface area contributed by atoms with Crippen molar-refractivity contribution in [2.24, 2.45) is 13.0 Å². The minimum Gasteiger partial charge on any atom is -0.324 e. The number of rotatable bonds is 4. The summed E-state index contributed by atoms with van der Waals surface area (Å²) in [5, 5.41) is 7.25. The molecule has 3 heterocycles. The number of carbonyl (C=O) groups excluding carboxylic acids is 1. The Hall–Kier alpha value is -3.02. The molecule has 26 heavy (non-hydrogen) atoms. The summed E-state index contributed by atoms with van der Waals surface area (Å²) in [4.78, 5) is 14.5. The third-order valence-electron chi connectivity index (χ3n) is 4.86. The van der Waals surface area contributed by atoms with Gasteiger partial charge in [-0.15, -0.1) is 0 Å². The average molecular weight is 349 g/mol. The molecule has 0 bridgehead atoms. The van der Waals surface area contributed by atoms with Crippen molar-refractivity contribution in [2.45, 2.75) is 12.8 Å². The molecule has 6 heteroatoms. The van der Waals surface area contributed by atoms with Gasteiger partial charge < -0.3 is 14.8 Å². The highest BCUT2D eigenvalue weighted by molar-refractivity contribution is 5.89. The molecule has 2 amide bonds. The van der Waals surface area contributed by atoms with Crippen molar-refractivity contribution in [1.29, 1.82) is 0 Å². The summed E-state index contributed by atoms with van der Waals surface area (Å²) < 4.78 is 3.85. The van der Waals surface area contributed by atoms with Gasteiger partial charge in [-0.25, -0.2) is 4.79 Å². The van der Waals surface area contributed by atoms with Crippen molar-refractivity contribution >= 4 is 11.7 Å². The SMILES string of the molecule is Cn1cc(CC2CCN(C(=O)Nc3cccc(-n4cccc4)c3)C2)cn1. The molecule has 0 radical (unpaired) electrons. The zero-order chi connectivity index (χ0) is 17.9. The second-order valence-corrected chi connectivity index (χ2v) is 6.90. The minimum absolute atomic E-state index is 0.0247. The topological polar surface area (TPSA) is 55.1 Å². The van der Waals surface area contributed by atoms with Gasteiger partial charge in [0.2, 0.25) is 0 Å². The summed E-state index contributed by atoms with van der Waals surface area (Å²) in [6, 6.07) is 11.8. The molecule has 0 spiro atoms. The Labute approximate surface area is 153 Å². The lowest BCUT2D eigenvalue weighted by molar-refractivity contribution is 0.221. The molecule has 0 saturated carbocycles. The molecule has 1 aliphatic rings. The molecule has 0 aliphatic carbocycles. The van der Waals surface area contributed by atoms with Gasteiger partial charge in [-0.3, -0.25) is 4.68 Å². The maximum absolute atomic E-state index is 12.6. The number of benzene rings is 1. The van der Waals surface area contributed by atoms with Gasteiger partial charge in [-0.2, -0.15) is 5.10 Å². The summed E-state index contributed by atoms with van der Waals surface area (Å²) in [6.45, 7) is 1.59. The van der Waals surface area contributed by atoms with Crippen LogP contribution in [0.3, 0.4) is 0 Å². The van der Waals surface area contributed by atoms with Crippen molar-refractivity contribution in [2.75, 3.05) is 18.4 Å². The van der Waals surface area contributed by atoms with Crippen molar-refractivity contribution in [1.82, 2.24) is 19.2 Å². The summed E-state index contributed by atoms with van der Waals surface area (Å²) in [5.41, 5.74) is 3.08. The van der Waals surface area contributed by atoms with Crippen LogP contribution in [-0.2, 0) is 13.5 Å². The van der Waals surface area contributed by atoms with Crippen LogP contribution in [0.4, 0.5) is 10.5 Å². The molecule has 1 unspecified atom stereocenters. The van der Waals surface area contributed by atoms with Crippen LogP contribution in [0.1, 0.15) is 12.0 Å². The predicted molar refractivity (Wildman–Crippen MR) is 101 cm³/mol. The standard InChI is InChI=1S/C20H23N5O/c1-23-14-17(13-21-23)11-16-7-10-25(15-16)20(26)22-18-5-4-6-19(12-18)24-8-2-3-9-24/h2-6,8-9,12-14,16H,7,10-11,15H2,1H3,(H,22,26). The number of aryl methyl sites for hydroxylation is 1. The molecular weight excluding hydrogens is 326 g/mol. The zero-order valence-electron chi connectivity index (χ0n) is 14.9. The van der Waals surface area contributed by atoms with E-state index in [0.29, 0.717) is 5.92 Å². The van der Waals surface area contributed by atoms with E-state index in [1.165, 1.54) is 5.56 Å². The normalized spacial score (nSPS) is 16.8. The van der Waals surface area contributed by atoms with Gasteiger partial charge in [0.05, 0.1) is 6.20 Å². The minimum atomic E-state index is -0.0247. The fourth-order valence-electron chi connectivity index (χ4n) is 3.55. The molecule has 4 rings (SSSR count). The van der Waals surface area contributed by atoms with Crippen LogP contribution in [0, 0.1) is 5.92 Å². The quantitative estimate of drug-likeness (QED) is 0.786. The number of hydrogen-bond acceptors (Lipinski definition) is 2. The zero-order valence-corrected chi connectivity index (χ0v) is 14.9. The molecule has 1 saturated heterocycles. The highest BCUT2D eigenvalue weighted by Gasteiger charge is 2.26. The summed E-state index contributed by atoms with van der Waals surface area (Å²) in [5.74, 6) is 0.496. The van der Waals surface area contributed by atoms with E-state index in [1.807, 2.05) is 76.2 Å². The molecule has 1 N–H and O–H groups in total. The van der Waals surface area contributed by atoms with E-state index in [9.17, 15) is 4.79 Å². The monoisotopic (exact) mass is 349 g/mol. The van der Waals surface area contributed by atoms with Crippen LogP contribution in [0.5, 0.6) is 0 Å². The molecule has 1 atom stereocenters. The molecule has 1 aliphatic heterocycles. The van der Waals surface area contributed by atoms with Gasteiger partial charge in [0.1, 0.15) is 0 Å². The molecule has 1 fully saturated rings. The predicted octanol–water partition coefficient (Wildman–Crippen LogP) is 3.31. The van der Waals surface area contributed by atoms with E-state index in [4.69, 9.17) is 0 Å². The maximum Gasteiger partial charge on any atom is 0.321 e. The van der Waals surface area contributed by atoms with Crippen molar-refractivity contribution in [3.8, 4) is 5.69 Å². The smallest absolute Gasteiger partial charge is 0.321 e. The van der Waals surface area contributed by atoms with E-state index in [1.54, 1.807) is 0 Å². The summed E-state index contributed by atoms with van der Waals surface area (Å²) in [7, 11) is 1.93. The van der Waals surface area contributed by atoms with Gasteiger partial charge in [0.15, 0.2) is 0 Å². The highest BCUT2D eigenvalue weighted by Crippen LogP contribution is 2.22. The third kappa shape index (κ3) is 3.64. The van der Waals surface area contributed by atoms with Gasteiger partial charge in [-0.1, -0.05) is 6.07 Å². The summed E-state index contributed by atoms with van der Waals surface area (Å²) >= 11 is 0. The third-order valence-corrected chi connectivity index (χ3v) is 4.86. The Morgan fingerprint density at radius 2 is 2.12 bits per heavy atom. The van der Waals surface area contributed by atoms with Crippen molar-refractivity contribution in [3.63, 3.8) is 0 Å². The molecule has 3 aromatic rings. The van der Waals surface area contributed by atoms with Gasteiger partial charge in [0.25, 0.3) is 0 Å². The van der Waals surface area contributed by atoms with Crippen LogP contribution in [-0.4, -0.2) is 38.4 Å². The van der Waals surface area contributed by atoms with Crippen LogP contribution in [0.25, 0.3) is 5.69 Å². The highest BCUT2D eigenvalue weighted by atomic mass is 16.2. The average Bonchev–Trinajstić information content (AvgIpc) is 3.38. The van der Waals surface area contributed by atoms with Gasteiger partial charge in [-0.05, 0) is 54.7 Å². The first-order chi connectivity index (χ1) is 12.7. The van der Waals surface area contributed by atoms with Crippen LogP contribution in [0.15, 0.2) is 61.2 Å². The van der Waals surface area contributed by atoms with Gasteiger partial charge >= 0.3 is 6.03 Å². The number of carbonyl (C=O) groups is 1. The lowest BCUT2D eigenvalue weighted by atomic mass is 10.0. The second kappa shape index (κ2) is 7.07. The van der Waals surface area contributed by atoms with E-state index in [0.717, 1.165) is 37.3 Å². The van der Waals surface area contributed by atoms with Crippen LogP contribution < -0.4 is 5.32 Å². The number of nitrogens with zero attached hydrogens (tertiary/aromatic N) is 4. The van der Waals surface area contributed by atoms with Crippen LogP contribution in [0.2, 0.25) is 0 Å². The Morgan fingerprint density at radius 1 is 1.27 bits per heavy atom. The first-order valence-corrected chi connectivity index (χ1v) is 8.94. The maximum atomic E-state index is 12.6. The Kier molecular flexibility index (Phi) is 4.48. The second-order valence-electron chi connectivity index (χ2n) is 6.90. The van der Waals surface area contributed by atoms with E-state index < -0.39 is 0 Å². The largest absolute Gasteiger partial charge is 0.324 e. The van der Waals surface area contributed by atoms with E-state index in [-0.39, 0.29) is 6.03 Å². The first kappa shape index (κ1) is 16.4. The van der Waals surface area contributed by atoms with Crippen LogP contribution >= 0.6 is 0 Å². The molecule has 6 nitrogen and oxygen atoms in total. The fraction of sp³-hybridized carbons (Fsp3) is 0.300. The van der Waals surface area contributed by atoms with Crippen molar-refractivity contribution < 1.29 is 4.79 Å². The molecule has 134 valence electrons. The number of nitrogens with one attached hydrogen (secondary N) is 1. The van der Waals surface area contributed by atoms with Gasteiger partial charge in [0, 0.05) is 50.1 Å². The Bertz CT molecular complexity index is 883. The van der Waals surface area contributed by atoms with E-state index in [2.05, 4.69) is 16.6 Å². The number of likely N-dealkylation sites (tertiary alicyclic amines) is 1. The lowest BCUT2D eigenvalue weighted by Gasteiger charge is -2.18. The summed E-state index contributed by atoms with van der Waals surface area (Å²) in [6.07, 6.45) is 9.95. The Balaban J connectivity index is 1.36. The molecular formula is C20H23N5O. The number of anilines is 1. The molecule has 1 aromatic carbocycles. The fourth-order valence-corrected chi connectivity index (χ4v) is 3.55. The molecule has 2 aromatic heterocycles. The first-order valence-electron chi connectivity index (χ1n) is 8.94. The number of amides is 2. The van der Waals surface area contributed by atoms with Crippen molar-refractivity contribution in [3.05, 3.63) is 66.7 Å².